The number of halogens is 4. The first-order chi connectivity index (χ1) is 12.9. The summed E-state index contributed by atoms with van der Waals surface area (Å²) >= 11 is 7.45. The average Bonchev–Trinajstić information content (AvgIpc) is 2.57. The van der Waals surface area contributed by atoms with Gasteiger partial charge in [-0.3, -0.25) is 9.59 Å². The van der Waals surface area contributed by atoms with E-state index < -0.39 is 23.7 Å². The molecule has 3 N–H and O–H groups in total. The van der Waals surface area contributed by atoms with Gasteiger partial charge in [0.2, 0.25) is 0 Å². The Labute approximate surface area is 168 Å². The Hall–Kier alpha value is -2.39. The topological polar surface area (TPSA) is 81.4 Å². The Morgan fingerprint density at radius 3 is 2.18 bits per heavy atom. The average molecular weight is 433 g/mol. The second-order valence-corrected chi connectivity index (χ2v) is 7.45. The highest BCUT2D eigenvalue weighted by Crippen LogP contribution is 2.37. The van der Waals surface area contributed by atoms with E-state index >= 15 is 0 Å². The minimum Gasteiger partial charge on any atom is -0.439 e. The van der Waals surface area contributed by atoms with Crippen molar-refractivity contribution in [1.82, 2.24) is 0 Å². The van der Waals surface area contributed by atoms with Gasteiger partial charge in [-0.15, -0.1) is 0 Å². The molecule has 2 aromatic carbocycles. The maximum Gasteiger partial charge on any atom is 0.437 e. The summed E-state index contributed by atoms with van der Waals surface area (Å²) in [6, 6.07) is 11.5. The van der Waals surface area contributed by atoms with Gasteiger partial charge in [0.05, 0.1) is 10.7 Å². The number of anilines is 2. The summed E-state index contributed by atoms with van der Waals surface area (Å²) in [4.78, 5) is 24.8. The Balaban J connectivity index is 2.20. The highest BCUT2D eigenvalue weighted by Gasteiger charge is 2.60. The highest BCUT2D eigenvalue weighted by atomic mass is 35.5. The Bertz CT molecular complexity index is 891. The molecule has 0 aliphatic heterocycles. The number of hydrogen-bond acceptors (Lipinski definition) is 5. The zero-order valence-corrected chi connectivity index (χ0v) is 16.3. The summed E-state index contributed by atoms with van der Waals surface area (Å²) in [5.74, 6) is -2.80. The van der Waals surface area contributed by atoms with Crippen molar-refractivity contribution in [2.45, 2.75) is 35.4 Å². The maximum atomic E-state index is 13.3. The fourth-order valence-electron chi connectivity index (χ4n) is 2.09. The van der Waals surface area contributed by atoms with Crippen LogP contribution in [0.25, 0.3) is 0 Å². The zero-order valence-electron chi connectivity index (χ0n) is 14.8. The molecule has 0 fully saturated rings. The first-order valence-electron chi connectivity index (χ1n) is 7.83. The van der Waals surface area contributed by atoms with Gasteiger partial charge in [0.25, 0.3) is 11.5 Å². The van der Waals surface area contributed by atoms with E-state index in [4.69, 9.17) is 17.3 Å². The summed E-state index contributed by atoms with van der Waals surface area (Å²) in [6.45, 7) is 1.26. The molecule has 150 valence electrons. The van der Waals surface area contributed by atoms with E-state index in [1.165, 1.54) is 23.9 Å². The predicted octanol–water partition coefficient (Wildman–Crippen LogP) is 4.90. The summed E-state index contributed by atoms with van der Waals surface area (Å²) in [5, 5.41) is 2.10. The molecule has 0 radical (unpaired) electrons. The van der Waals surface area contributed by atoms with Gasteiger partial charge in [0, 0.05) is 22.4 Å². The fraction of sp³-hybridized carbons (Fsp3) is 0.222. The van der Waals surface area contributed by atoms with E-state index in [1.807, 2.05) is 0 Å². The van der Waals surface area contributed by atoms with Gasteiger partial charge in [-0.2, -0.15) is 13.2 Å². The van der Waals surface area contributed by atoms with Crippen molar-refractivity contribution in [3.05, 3.63) is 47.5 Å². The van der Waals surface area contributed by atoms with Crippen LogP contribution in [0.5, 0.6) is 0 Å². The fourth-order valence-corrected chi connectivity index (χ4v) is 3.24. The molecule has 28 heavy (non-hydrogen) atoms. The molecule has 0 aliphatic carbocycles. The lowest BCUT2D eigenvalue weighted by molar-refractivity contribution is -0.253. The molecule has 1 amide bonds. The highest BCUT2D eigenvalue weighted by molar-refractivity contribution is 7.99. The van der Waals surface area contributed by atoms with Gasteiger partial charge in [-0.25, -0.2) is 0 Å². The lowest BCUT2D eigenvalue weighted by Crippen LogP contribution is -2.55. The van der Waals surface area contributed by atoms with E-state index in [0.717, 1.165) is 11.8 Å². The standard InChI is InChI=1S/C18H16ClF3N2O3S/c1-10(25)27-17(2,18(20,21)22)16(26)24-15-8-7-13(9-14(15)19)28-12-5-3-11(23)4-6-12/h3-9H,23H2,1-2H3,(H,24,26). The molecule has 1 atom stereocenters. The number of hydrogen-bond donors (Lipinski definition) is 2. The number of amides is 1. The summed E-state index contributed by atoms with van der Waals surface area (Å²) in [7, 11) is 0. The van der Waals surface area contributed by atoms with Crippen LogP contribution in [0.3, 0.4) is 0 Å². The lowest BCUT2D eigenvalue weighted by Gasteiger charge is -2.29. The second-order valence-electron chi connectivity index (χ2n) is 5.89. The van der Waals surface area contributed by atoms with Crippen molar-refractivity contribution in [1.29, 1.82) is 0 Å². The molecule has 0 saturated heterocycles. The van der Waals surface area contributed by atoms with Crippen LogP contribution in [0.15, 0.2) is 52.3 Å². The minimum absolute atomic E-state index is 0.0288. The maximum absolute atomic E-state index is 13.3. The molecule has 0 bridgehead atoms. The number of nitrogens with one attached hydrogen (secondary N) is 1. The third kappa shape index (κ3) is 5.11. The first kappa shape index (κ1) is 21.9. The summed E-state index contributed by atoms with van der Waals surface area (Å²) < 4.78 is 44.1. The molecule has 10 heteroatoms. The Morgan fingerprint density at radius 1 is 1.11 bits per heavy atom. The van der Waals surface area contributed by atoms with Gasteiger partial charge in [-0.1, -0.05) is 23.4 Å². The van der Waals surface area contributed by atoms with Crippen LogP contribution < -0.4 is 11.1 Å². The molecule has 0 saturated carbocycles. The number of alkyl halides is 3. The molecular formula is C18H16ClF3N2O3S. The second kappa shape index (κ2) is 8.32. The first-order valence-corrected chi connectivity index (χ1v) is 9.02. The molecule has 0 spiro atoms. The van der Waals surface area contributed by atoms with Crippen molar-refractivity contribution in [2.75, 3.05) is 11.1 Å². The van der Waals surface area contributed by atoms with Crippen molar-refractivity contribution >= 4 is 46.6 Å². The van der Waals surface area contributed by atoms with Crippen molar-refractivity contribution in [3.8, 4) is 0 Å². The van der Waals surface area contributed by atoms with Crippen LogP contribution >= 0.6 is 23.4 Å². The molecule has 0 aromatic heterocycles. The van der Waals surface area contributed by atoms with E-state index in [-0.39, 0.29) is 10.7 Å². The largest absolute Gasteiger partial charge is 0.439 e. The number of nitrogens with two attached hydrogens (primary N) is 1. The predicted molar refractivity (Wildman–Crippen MR) is 101 cm³/mol. The molecule has 0 heterocycles. The number of carbonyl (C=O) groups is 2. The van der Waals surface area contributed by atoms with Crippen molar-refractivity contribution < 1.29 is 27.5 Å². The molecule has 2 aromatic rings. The third-order valence-corrected chi connectivity index (χ3v) is 4.94. The molecule has 1 unspecified atom stereocenters. The summed E-state index contributed by atoms with van der Waals surface area (Å²) in [6.07, 6.45) is -5.11. The van der Waals surface area contributed by atoms with Gasteiger partial charge in [0.1, 0.15) is 0 Å². The molecule has 2 rings (SSSR count). The molecule has 5 nitrogen and oxygen atoms in total. The molecular weight excluding hydrogens is 417 g/mol. The number of rotatable bonds is 5. The van der Waals surface area contributed by atoms with Crippen LogP contribution in [0.1, 0.15) is 13.8 Å². The van der Waals surface area contributed by atoms with Gasteiger partial charge < -0.3 is 15.8 Å². The van der Waals surface area contributed by atoms with Gasteiger partial charge in [-0.05, 0) is 49.4 Å². The van der Waals surface area contributed by atoms with Crippen LogP contribution in [-0.4, -0.2) is 23.7 Å². The van der Waals surface area contributed by atoms with E-state index in [1.54, 1.807) is 30.3 Å². The van der Waals surface area contributed by atoms with Gasteiger partial charge in [0.15, 0.2) is 0 Å². The lowest BCUT2D eigenvalue weighted by atomic mass is 10.0. The van der Waals surface area contributed by atoms with Crippen LogP contribution in [0.2, 0.25) is 5.02 Å². The number of esters is 1. The Kier molecular flexibility index (Phi) is 6.51. The third-order valence-electron chi connectivity index (χ3n) is 3.63. The number of nitrogen functional groups attached to an aromatic ring is 1. The van der Waals surface area contributed by atoms with E-state index in [2.05, 4.69) is 10.1 Å². The molecule has 0 aliphatic rings. The quantitative estimate of drug-likeness (QED) is 0.519. The SMILES string of the molecule is CC(=O)OC(C)(C(=O)Nc1ccc(Sc2ccc(N)cc2)cc1Cl)C(F)(F)F. The van der Waals surface area contributed by atoms with Crippen molar-refractivity contribution in [3.63, 3.8) is 0 Å². The van der Waals surface area contributed by atoms with Crippen LogP contribution in [0, 0.1) is 0 Å². The number of benzene rings is 2. The van der Waals surface area contributed by atoms with E-state index in [0.29, 0.717) is 17.5 Å². The van der Waals surface area contributed by atoms with Gasteiger partial charge >= 0.3 is 12.1 Å². The van der Waals surface area contributed by atoms with E-state index in [9.17, 15) is 22.8 Å². The Morgan fingerprint density at radius 2 is 1.68 bits per heavy atom. The number of ether oxygens (including phenoxy) is 1. The van der Waals surface area contributed by atoms with Crippen LogP contribution in [-0.2, 0) is 14.3 Å². The monoisotopic (exact) mass is 432 g/mol. The number of carbonyl (C=O) groups excluding carboxylic acids is 2. The smallest absolute Gasteiger partial charge is 0.437 e. The minimum atomic E-state index is -5.11. The van der Waals surface area contributed by atoms with Crippen molar-refractivity contribution in [2.24, 2.45) is 0 Å². The van der Waals surface area contributed by atoms with Crippen LogP contribution in [0.4, 0.5) is 24.5 Å². The zero-order chi connectivity index (χ0) is 21.1. The summed E-state index contributed by atoms with van der Waals surface area (Å²) in [5.41, 5.74) is 2.84. The normalized spacial score (nSPS) is 13.5.